The van der Waals surface area contributed by atoms with E-state index in [0.29, 0.717) is 18.5 Å². The van der Waals surface area contributed by atoms with Crippen molar-refractivity contribution in [3.8, 4) is 0 Å². The first-order valence-corrected chi connectivity index (χ1v) is 5.79. The SMILES string of the molecule is CC(C)CC1C(=O)NCCN1C(C)CN. The summed E-state index contributed by atoms with van der Waals surface area (Å²) in [7, 11) is 0. The fraction of sp³-hybridized carbons (Fsp3) is 0.909. The zero-order chi connectivity index (χ0) is 11.4. The lowest BCUT2D eigenvalue weighted by Gasteiger charge is -2.39. The van der Waals surface area contributed by atoms with Gasteiger partial charge in [-0.25, -0.2) is 0 Å². The molecule has 0 saturated carbocycles. The molecule has 2 unspecified atom stereocenters. The molecule has 2 atom stereocenters. The fourth-order valence-corrected chi connectivity index (χ4v) is 2.08. The van der Waals surface area contributed by atoms with Crippen LogP contribution in [0.1, 0.15) is 27.2 Å². The summed E-state index contributed by atoms with van der Waals surface area (Å²) in [6.07, 6.45) is 0.913. The van der Waals surface area contributed by atoms with Crippen molar-refractivity contribution < 1.29 is 4.79 Å². The van der Waals surface area contributed by atoms with E-state index in [9.17, 15) is 4.79 Å². The first-order valence-electron chi connectivity index (χ1n) is 5.79. The zero-order valence-corrected chi connectivity index (χ0v) is 9.99. The van der Waals surface area contributed by atoms with Gasteiger partial charge in [0.05, 0.1) is 6.04 Å². The van der Waals surface area contributed by atoms with E-state index in [4.69, 9.17) is 5.73 Å². The summed E-state index contributed by atoms with van der Waals surface area (Å²) in [6, 6.07) is 0.303. The highest BCUT2D eigenvalue weighted by Crippen LogP contribution is 2.16. The normalized spacial score (nSPS) is 25.4. The summed E-state index contributed by atoms with van der Waals surface area (Å²) in [5.74, 6) is 0.696. The topological polar surface area (TPSA) is 58.4 Å². The van der Waals surface area contributed by atoms with Crippen molar-refractivity contribution >= 4 is 5.91 Å². The van der Waals surface area contributed by atoms with Crippen LogP contribution in [0.4, 0.5) is 0 Å². The second-order valence-corrected chi connectivity index (χ2v) is 4.76. The first kappa shape index (κ1) is 12.5. The fourth-order valence-electron chi connectivity index (χ4n) is 2.08. The second-order valence-electron chi connectivity index (χ2n) is 4.76. The average molecular weight is 213 g/mol. The molecule has 0 aliphatic carbocycles. The van der Waals surface area contributed by atoms with E-state index in [1.54, 1.807) is 0 Å². The van der Waals surface area contributed by atoms with Crippen LogP contribution in [0, 0.1) is 5.92 Å². The molecule has 4 nitrogen and oxygen atoms in total. The van der Waals surface area contributed by atoms with Crippen molar-refractivity contribution in [3.63, 3.8) is 0 Å². The quantitative estimate of drug-likeness (QED) is 0.700. The molecule has 0 aromatic heterocycles. The minimum atomic E-state index is 0.0114. The summed E-state index contributed by atoms with van der Waals surface area (Å²) >= 11 is 0. The van der Waals surface area contributed by atoms with E-state index in [2.05, 4.69) is 31.0 Å². The molecule has 1 rings (SSSR count). The summed E-state index contributed by atoms with van der Waals surface area (Å²) < 4.78 is 0. The molecule has 0 aromatic carbocycles. The lowest BCUT2D eigenvalue weighted by molar-refractivity contribution is -0.130. The van der Waals surface area contributed by atoms with E-state index in [-0.39, 0.29) is 11.9 Å². The number of rotatable bonds is 4. The number of amides is 1. The number of carbonyl (C=O) groups excluding carboxylic acids is 1. The molecule has 88 valence electrons. The molecule has 0 bridgehead atoms. The van der Waals surface area contributed by atoms with Gasteiger partial charge >= 0.3 is 0 Å². The largest absolute Gasteiger partial charge is 0.353 e. The third kappa shape index (κ3) is 3.18. The Morgan fingerprint density at radius 3 is 2.73 bits per heavy atom. The highest BCUT2D eigenvalue weighted by molar-refractivity contribution is 5.82. The smallest absolute Gasteiger partial charge is 0.237 e. The zero-order valence-electron chi connectivity index (χ0n) is 9.99. The van der Waals surface area contributed by atoms with E-state index in [0.717, 1.165) is 19.5 Å². The highest BCUT2D eigenvalue weighted by Gasteiger charge is 2.32. The van der Waals surface area contributed by atoms with Crippen molar-refractivity contribution in [2.24, 2.45) is 11.7 Å². The Hall–Kier alpha value is -0.610. The van der Waals surface area contributed by atoms with Crippen LogP contribution in [-0.4, -0.2) is 42.5 Å². The van der Waals surface area contributed by atoms with Gasteiger partial charge in [0.1, 0.15) is 0 Å². The Morgan fingerprint density at radius 2 is 2.20 bits per heavy atom. The van der Waals surface area contributed by atoms with Crippen LogP contribution in [-0.2, 0) is 4.79 Å². The monoisotopic (exact) mass is 213 g/mol. The van der Waals surface area contributed by atoms with Gasteiger partial charge in [-0.1, -0.05) is 13.8 Å². The van der Waals surface area contributed by atoms with E-state index >= 15 is 0 Å². The maximum atomic E-state index is 11.8. The minimum Gasteiger partial charge on any atom is -0.353 e. The summed E-state index contributed by atoms with van der Waals surface area (Å²) in [5, 5.41) is 2.92. The van der Waals surface area contributed by atoms with Crippen molar-refractivity contribution in [1.82, 2.24) is 10.2 Å². The van der Waals surface area contributed by atoms with Crippen LogP contribution in [0.2, 0.25) is 0 Å². The molecular weight excluding hydrogens is 190 g/mol. The third-order valence-electron chi connectivity index (χ3n) is 2.97. The Balaban J connectivity index is 2.68. The van der Waals surface area contributed by atoms with Gasteiger partial charge in [-0.15, -0.1) is 0 Å². The lowest BCUT2D eigenvalue weighted by Crippen LogP contribution is -2.59. The van der Waals surface area contributed by atoms with Gasteiger partial charge in [-0.05, 0) is 19.3 Å². The third-order valence-corrected chi connectivity index (χ3v) is 2.97. The molecule has 1 fully saturated rings. The van der Waals surface area contributed by atoms with Gasteiger partial charge in [0.15, 0.2) is 0 Å². The van der Waals surface area contributed by atoms with Crippen LogP contribution in [0.15, 0.2) is 0 Å². The van der Waals surface area contributed by atoms with E-state index < -0.39 is 0 Å². The van der Waals surface area contributed by atoms with Crippen molar-refractivity contribution in [1.29, 1.82) is 0 Å². The van der Waals surface area contributed by atoms with Crippen LogP contribution < -0.4 is 11.1 Å². The molecule has 1 saturated heterocycles. The molecular formula is C11H23N3O. The van der Waals surface area contributed by atoms with Crippen LogP contribution in [0.3, 0.4) is 0 Å². The summed E-state index contributed by atoms with van der Waals surface area (Å²) in [6.45, 7) is 8.66. The van der Waals surface area contributed by atoms with E-state index in [1.807, 2.05) is 0 Å². The Bertz CT molecular complexity index is 218. The maximum Gasteiger partial charge on any atom is 0.237 e. The predicted octanol–water partition coefficient (Wildman–Crippen LogP) is 0.180. The number of piperazine rings is 1. The average Bonchev–Trinajstić information content (AvgIpc) is 2.19. The molecule has 1 heterocycles. The summed E-state index contributed by atoms with van der Waals surface area (Å²) in [5.41, 5.74) is 5.67. The first-order chi connectivity index (χ1) is 7.06. The number of hydrogen-bond donors (Lipinski definition) is 2. The van der Waals surface area contributed by atoms with Gasteiger partial charge < -0.3 is 11.1 Å². The molecule has 1 aliphatic rings. The van der Waals surface area contributed by atoms with Gasteiger partial charge in [-0.3, -0.25) is 9.69 Å². The molecule has 3 N–H and O–H groups in total. The molecule has 1 amide bonds. The second kappa shape index (κ2) is 5.47. The maximum absolute atomic E-state index is 11.8. The molecule has 1 aliphatic heterocycles. The van der Waals surface area contributed by atoms with Crippen LogP contribution in [0.5, 0.6) is 0 Å². The number of nitrogens with two attached hydrogens (primary N) is 1. The van der Waals surface area contributed by atoms with Crippen LogP contribution in [0.25, 0.3) is 0 Å². The Kier molecular flexibility index (Phi) is 4.54. The van der Waals surface area contributed by atoms with Gasteiger partial charge in [0.25, 0.3) is 0 Å². The number of carbonyl (C=O) groups is 1. The molecule has 4 heteroatoms. The van der Waals surface area contributed by atoms with Crippen molar-refractivity contribution in [3.05, 3.63) is 0 Å². The predicted molar refractivity (Wildman–Crippen MR) is 61.5 cm³/mol. The molecule has 0 radical (unpaired) electrons. The number of hydrogen-bond acceptors (Lipinski definition) is 3. The standard InChI is InChI=1S/C11H23N3O/c1-8(2)6-10-11(15)13-4-5-14(10)9(3)7-12/h8-10H,4-7,12H2,1-3H3,(H,13,15). The highest BCUT2D eigenvalue weighted by atomic mass is 16.2. The van der Waals surface area contributed by atoms with Crippen molar-refractivity contribution in [2.75, 3.05) is 19.6 Å². The molecule has 0 spiro atoms. The van der Waals surface area contributed by atoms with Crippen LogP contribution >= 0.6 is 0 Å². The van der Waals surface area contributed by atoms with Crippen molar-refractivity contribution in [2.45, 2.75) is 39.3 Å². The van der Waals surface area contributed by atoms with E-state index in [1.165, 1.54) is 0 Å². The Labute approximate surface area is 92.2 Å². The lowest BCUT2D eigenvalue weighted by atomic mass is 9.98. The van der Waals surface area contributed by atoms with Gasteiger partial charge in [0.2, 0.25) is 5.91 Å². The van der Waals surface area contributed by atoms with Gasteiger partial charge in [0, 0.05) is 25.7 Å². The molecule has 15 heavy (non-hydrogen) atoms. The van der Waals surface area contributed by atoms with Gasteiger partial charge in [-0.2, -0.15) is 0 Å². The summed E-state index contributed by atoms with van der Waals surface area (Å²) in [4.78, 5) is 14.0. The number of nitrogens with zero attached hydrogens (tertiary/aromatic N) is 1. The minimum absolute atomic E-state index is 0.0114. The molecule has 0 aromatic rings. The number of nitrogens with one attached hydrogen (secondary N) is 1. The Morgan fingerprint density at radius 1 is 1.53 bits per heavy atom.